The fraction of sp³-hybridized carbons (Fsp3) is 0.500. The molecule has 1 aromatic rings. The summed E-state index contributed by atoms with van der Waals surface area (Å²) in [4.78, 5) is 6.28. The maximum Gasteiger partial charge on any atom is 0.152 e. The van der Waals surface area contributed by atoms with Crippen molar-refractivity contribution in [2.24, 2.45) is 5.84 Å². The monoisotopic (exact) mass is 256 g/mol. The molecule has 1 fully saturated rings. The van der Waals surface area contributed by atoms with Crippen LogP contribution in [-0.2, 0) is 9.84 Å². The largest absolute Gasteiger partial charge is 0.355 e. The molecule has 2 rings (SSSR count). The predicted octanol–water partition coefficient (Wildman–Crippen LogP) is -0.00790. The Kier molecular flexibility index (Phi) is 3.49. The van der Waals surface area contributed by atoms with Gasteiger partial charge in [-0.3, -0.25) is 0 Å². The standard InChI is InChI=1S/C10H16N4O2S/c11-13-9-3-1-4-10(12-9)14-5-2-7-17(15,16)8-6-14/h1,3-4H,2,5-8,11H2,(H,12,13). The zero-order chi connectivity index (χ0) is 12.3. The number of rotatable bonds is 2. The Morgan fingerprint density at radius 2 is 2.12 bits per heavy atom. The lowest BCUT2D eigenvalue weighted by Gasteiger charge is -2.21. The van der Waals surface area contributed by atoms with Crippen molar-refractivity contribution in [3.8, 4) is 0 Å². The van der Waals surface area contributed by atoms with E-state index in [4.69, 9.17) is 5.84 Å². The molecule has 1 aliphatic heterocycles. The number of hydrazine groups is 1. The lowest BCUT2D eigenvalue weighted by atomic mass is 10.3. The molecule has 0 bridgehead atoms. The molecule has 0 spiro atoms. The fourth-order valence-corrected chi connectivity index (χ4v) is 3.12. The molecule has 0 unspecified atom stereocenters. The molecule has 7 heteroatoms. The zero-order valence-corrected chi connectivity index (χ0v) is 10.3. The molecule has 2 heterocycles. The van der Waals surface area contributed by atoms with Gasteiger partial charge in [0, 0.05) is 13.1 Å². The Morgan fingerprint density at radius 3 is 2.88 bits per heavy atom. The maximum absolute atomic E-state index is 11.5. The van der Waals surface area contributed by atoms with E-state index in [1.807, 2.05) is 17.0 Å². The average Bonchev–Trinajstić information content (AvgIpc) is 2.50. The van der Waals surface area contributed by atoms with Crippen LogP contribution in [0.15, 0.2) is 18.2 Å². The lowest BCUT2D eigenvalue weighted by molar-refractivity contribution is 0.597. The number of nitrogens with one attached hydrogen (secondary N) is 1. The summed E-state index contributed by atoms with van der Waals surface area (Å²) < 4.78 is 23.0. The summed E-state index contributed by atoms with van der Waals surface area (Å²) in [5, 5.41) is 0. The van der Waals surface area contributed by atoms with Gasteiger partial charge in [-0.15, -0.1) is 0 Å². The van der Waals surface area contributed by atoms with E-state index in [2.05, 4.69) is 10.4 Å². The van der Waals surface area contributed by atoms with Crippen molar-refractivity contribution < 1.29 is 8.42 Å². The van der Waals surface area contributed by atoms with Gasteiger partial charge in [0.15, 0.2) is 9.84 Å². The number of pyridine rings is 1. The van der Waals surface area contributed by atoms with E-state index in [9.17, 15) is 8.42 Å². The molecular weight excluding hydrogens is 240 g/mol. The summed E-state index contributed by atoms with van der Waals surface area (Å²) in [7, 11) is -2.89. The van der Waals surface area contributed by atoms with Crippen molar-refractivity contribution in [3.05, 3.63) is 18.2 Å². The van der Waals surface area contributed by atoms with Crippen molar-refractivity contribution >= 4 is 21.5 Å². The molecule has 0 saturated carbocycles. The molecule has 0 atom stereocenters. The van der Waals surface area contributed by atoms with Crippen LogP contribution in [0, 0.1) is 0 Å². The van der Waals surface area contributed by atoms with Gasteiger partial charge in [0.25, 0.3) is 0 Å². The van der Waals surface area contributed by atoms with Gasteiger partial charge >= 0.3 is 0 Å². The van der Waals surface area contributed by atoms with E-state index in [0.29, 0.717) is 25.3 Å². The second-order valence-electron chi connectivity index (χ2n) is 4.02. The summed E-state index contributed by atoms with van der Waals surface area (Å²) in [6, 6.07) is 5.47. The second kappa shape index (κ2) is 4.89. The van der Waals surface area contributed by atoms with Crippen molar-refractivity contribution in [2.75, 3.05) is 34.9 Å². The number of nitrogens with zero attached hydrogens (tertiary/aromatic N) is 2. The fourth-order valence-electron chi connectivity index (χ4n) is 1.85. The second-order valence-corrected chi connectivity index (χ2v) is 6.32. The van der Waals surface area contributed by atoms with E-state index in [1.54, 1.807) is 6.07 Å². The SMILES string of the molecule is NNc1cccc(N2CCCS(=O)(=O)CC2)n1. The Labute approximate surface area is 101 Å². The Bertz CT molecular complexity index is 489. The first-order valence-electron chi connectivity index (χ1n) is 5.50. The highest BCUT2D eigenvalue weighted by Gasteiger charge is 2.19. The Balaban J connectivity index is 2.16. The van der Waals surface area contributed by atoms with Crippen LogP contribution in [-0.4, -0.2) is 38.0 Å². The van der Waals surface area contributed by atoms with Crippen molar-refractivity contribution in [2.45, 2.75) is 6.42 Å². The molecule has 3 N–H and O–H groups in total. The molecule has 0 amide bonds. The average molecular weight is 256 g/mol. The van der Waals surface area contributed by atoms with E-state index >= 15 is 0 Å². The van der Waals surface area contributed by atoms with E-state index in [0.717, 1.165) is 5.82 Å². The Hall–Kier alpha value is -1.34. The van der Waals surface area contributed by atoms with Crippen LogP contribution in [0.4, 0.5) is 11.6 Å². The lowest BCUT2D eigenvalue weighted by Crippen LogP contribution is -2.27. The van der Waals surface area contributed by atoms with Gasteiger partial charge in [0.1, 0.15) is 11.6 Å². The van der Waals surface area contributed by atoms with Crippen LogP contribution in [0.25, 0.3) is 0 Å². The molecule has 1 saturated heterocycles. The third-order valence-electron chi connectivity index (χ3n) is 2.76. The highest BCUT2D eigenvalue weighted by atomic mass is 32.2. The molecule has 0 aromatic carbocycles. The number of hydrogen-bond donors (Lipinski definition) is 2. The van der Waals surface area contributed by atoms with Crippen LogP contribution in [0.1, 0.15) is 6.42 Å². The predicted molar refractivity (Wildman–Crippen MR) is 67.5 cm³/mol. The molecule has 17 heavy (non-hydrogen) atoms. The smallest absolute Gasteiger partial charge is 0.152 e. The number of aromatic nitrogens is 1. The summed E-state index contributed by atoms with van der Waals surface area (Å²) >= 11 is 0. The van der Waals surface area contributed by atoms with E-state index in [-0.39, 0.29) is 11.5 Å². The van der Waals surface area contributed by atoms with Gasteiger partial charge in [-0.1, -0.05) is 6.07 Å². The third-order valence-corrected chi connectivity index (χ3v) is 4.48. The number of sulfone groups is 1. The minimum absolute atomic E-state index is 0.189. The first kappa shape index (κ1) is 12.1. The minimum atomic E-state index is -2.89. The van der Waals surface area contributed by atoms with Crippen molar-refractivity contribution in [1.29, 1.82) is 0 Å². The summed E-state index contributed by atoms with van der Waals surface area (Å²) in [5.74, 6) is 7.09. The maximum atomic E-state index is 11.5. The first-order valence-corrected chi connectivity index (χ1v) is 7.32. The molecule has 6 nitrogen and oxygen atoms in total. The van der Waals surface area contributed by atoms with Gasteiger partial charge in [0.2, 0.25) is 0 Å². The molecule has 1 aliphatic rings. The number of anilines is 2. The third kappa shape index (κ3) is 3.07. The molecule has 0 radical (unpaired) electrons. The van der Waals surface area contributed by atoms with Gasteiger partial charge in [-0.2, -0.15) is 0 Å². The highest BCUT2D eigenvalue weighted by molar-refractivity contribution is 7.91. The molecule has 1 aromatic heterocycles. The summed E-state index contributed by atoms with van der Waals surface area (Å²) in [6.07, 6.45) is 0.643. The zero-order valence-electron chi connectivity index (χ0n) is 9.46. The number of nitrogens with two attached hydrogens (primary N) is 1. The summed E-state index contributed by atoms with van der Waals surface area (Å²) in [5.41, 5.74) is 2.48. The molecule has 94 valence electrons. The van der Waals surface area contributed by atoms with E-state index < -0.39 is 9.84 Å². The molecular formula is C10H16N4O2S. The van der Waals surface area contributed by atoms with Gasteiger partial charge < -0.3 is 10.3 Å². The van der Waals surface area contributed by atoms with Gasteiger partial charge in [0.05, 0.1) is 11.5 Å². The van der Waals surface area contributed by atoms with Crippen LogP contribution >= 0.6 is 0 Å². The van der Waals surface area contributed by atoms with Crippen LogP contribution < -0.4 is 16.2 Å². The Morgan fingerprint density at radius 1 is 1.29 bits per heavy atom. The normalized spacial score (nSPS) is 19.7. The first-order chi connectivity index (χ1) is 8.11. The van der Waals surface area contributed by atoms with Crippen molar-refractivity contribution in [3.63, 3.8) is 0 Å². The summed E-state index contributed by atoms with van der Waals surface area (Å²) in [6.45, 7) is 1.20. The molecule has 0 aliphatic carbocycles. The van der Waals surface area contributed by atoms with E-state index in [1.165, 1.54) is 0 Å². The van der Waals surface area contributed by atoms with Crippen LogP contribution in [0.2, 0.25) is 0 Å². The van der Waals surface area contributed by atoms with Crippen LogP contribution in [0.3, 0.4) is 0 Å². The number of hydrogen-bond acceptors (Lipinski definition) is 6. The van der Waals surface area contributed by atoms with Gasteiger partial charge in [-0.05, 0) is 18.6 Å². The van der Waals surface area contributed by atoms with Crippen LogP contribution in [0.5, 0.6) is 0 Å². The topological polar surface area (TPSA) is 88.3 Å². The van der Waals surface area contributed by atoms with Gasteiger partial charge in [-0.25, -0.2) is 19.2 Å². The minimum Gasteiger partial charge on any atom is -0.355 e. The highest BCUT2D eigenvalue weighted by Crippen LogP contribution is 2.16. The van der Waals surface area contributed by atoms with Crippen molar-refractivity contribution in [1.82, 2.24) is 4.98 Å². The quantitative estimate of drug-likeness (QED) is 0.571. The number of nitrogen functional groups attached to an aromatic ring is 1.